The molecule has 0 aliphatic carbocycles. The van der Waals surface area contributed by atoms with Gasteiger partial charge in [-0.1, -0.05) is 133 Å². The van der Waals surface area contributed by atoms with E-state index in [-0.39, 0.29) is 12.5 Å². The predicted molar refractivity (Wildman–Crippen MR) is 179 cm³/mol. The van der Waals surface area contributed by atoms with Crippen LogP contribution in [0.5, 0.6) is 0 Å². The van der Waals surface area contributed by atoms with Crippen molar-refractivity contribution in [1.29, 1.82) is 0 Å². The first-order chi connectivity index (χ1) is 20.2. The number of carbonyl (C=O) groups excluding carboxylic acids is 1. The summed E-state index contributed by atoms with van der Waals surface area (Å²) in [6, 6.07) is -0.647. The Balaban J connectivity index is 3.75. The molecule has 0 aliphatic rings. The molecule has 0 saturated heterocycles. The number of aliphatic hydroxyl groups is 2. The Bertz CT molecular complexity index is 667. The Labute approximate surface area is 254 Å². The van der Waals surface area contributed by atoms with Gasteiger partial charge in [-0.15, -0.1) is 0 Å². The fraction of sp³-hybridized carbons (Fsp3) is 0.757. The van der Waals surface area contributed by atoms with Crippen LogP contribution >= 0.6 is 0 Å². The highest BCUT2D eigenvalue weighted by Crippen LogP contribution is 2.10. The molecule has 0 saturated carbocycles. The molecule has 3 N–H and O–H groups in total. The lowest BCUT2D eigenvalue weighted by molar-refractivity contribution is -0.123. The molecule has 4 heteroatoms. The van der Waals surface area contributed by atoms with Crippen molar-refractivity contribution in [3.63, 3.8) is 0 Å². The number of nitrogens with one attached hydrogen (secondary N) is 1. The molecule has 2 atom stereocenters. The van der Waals surface area contributed by atoms with Gasteiger partial charge in [-0.25, -0.2) is 0 Å². The van der Waals surface area contributed by atoms with Crippen LogP contribution in [0.15, 0.2) is 48.6 Å². The Hall–Kier alpha value is -1.65. The van der Waals surface area contributed by atoms with Crippen LogP contribution in [-0.2, 0) is 4.79 Å². The molecular weight excluding hydrogens is 506 g/mol. The fourth-order valence-corrected chi connectivity index (χ4v) is 4.79. The van der Waals surface area contributed by atoms with Crippen LogP contribution in [0, 0.1) is 0 Å². The van der Waals surface area contributed by atoms with Crippen molar-refractivity contribution in [3.8, 4) is 0 Å². The third kappa shape index (κ3) is 29.6. The average Bonchev–Trinajstić information content (AvgIpc) is 2.97. The summed E-state index contributed by atoms with van der Waals surface area (Å²) in [5, 5.41) is 22.8. The number of rotatable bonds is 30. The zero-order valence-electron chi connectivity index (χ0n) is 27.0. The molecule has 0 bridgehead atoms. The summed E-state index contributed by atoms with van der Waals surface area (Å²) in [4.78, 5) is 12.3. The molecule has 2 unspecified atom stereocenters. The summed E-state index contributed by atoms with van der Waals surface area (Å²) in [6.45, 7) is 4.24. The molecule has 0 aromatic carbocycles. The topological polar surface area (TPSA) is 69.6 Å². The Morgan fingerprint density at radius 3 is 1.44 bits per heavy atom. The summed E-state index contributed by atoms with van der Waals surface area (Å²) in [5.41, 5.74) is 0. The third-order valence-corrected chi connectivity index (χ3v) is 7.51. The highest BCUT2D eigenvalue weighted by molar-refractivity contribution is 5.76. The molecule has 0 spiro atoms. The molecule has 0 radical (unpaired) electrons. The van der Waals surface area contributed by atoms with Crippen molar-refractivity contribution >= 4 is 5.91 Å². The first-order valence-electron chi connectivity index (χ1n) is 17.4. The summed E-state index contributed by atoms with van der Waals surface area (Å²) in [5.74, 6) is -0.0907. The van der Waals surface area contributed by atoms with E-state index in [9.17, 15) is 15.0 Å². The van der Waals surface area contributed by atoms with Gasteiger partial charge in [0.15, 0.2) is 0 Å². The highest BCUT2D eigenvalue weighted by Gasteiger charge is 2.17. The van der Waals surface area contributed by atoms with Crippen LogP contribution in [0.4, 0.5) is 0 Å². The average molecular weight is 574 g/mol. The number of amides is 1. The minimum Gasteiger partial charge on any atom is -0.394 e. The SMILES string of the molecule is CCCCCC/C=C/CC/C=C/CC/C=C/C(O)C(CO)NC(=O)CCCCCCC/C=C\CCCCCCCC. The number of hydrogen-bond acceptors (Lipinski definition) is 3. The van der Waals surface area contributed by atoms with Gasteiger partial charge in [0.1, 0.15) is 0 Å². The molecule has 0 aromatic heterocycles. The van der Waals surface area contributed by atoms with E-state index in [1.54, 1.807) is 6.08 Å². The molecule has 0 aliphatic heterocycles. The molecule has 0 rings (SSSR count). The second kappa shape index (κ2) is 32.9. The lowest BCUT2D eigenvalue weighted by Crippen LogP contribution is -2.45. The van der Waals surface area contributed by atoms with Crippen LogP contribution < -0.4 is 5.32 Å². The smallest absolute Gasteiger partial charge is 0.220 e. The molecule has 238 valence electrons. The first kappa shape index (κ1) is 39.4. The second-order valence-electron chi connectivity index (χ2n) is 11.6. The van der Waals surface area contributed by atoms with E-state index in [0.717, 1.165) is 51.4 Å². The largest absolute Gasteiger partial charge is 0.394 e. The Kier molecular flexibility index (Phi) is 31.5. The van der Waals surface area contributed by atoms with Crippen LogP contribution in [-0.4, -0.2) is 34.9 Å². The predicted octanol–water partition coefficient (Wildman–Crippen LogP) is 10.1. The minimum atomic E-state index is -0.871. The van der Waals surface area contributed by atoms with Gasteiger partial charge < -0.3 is 15.5 Å². The van der Waals surface area contributed by atoms with Crippen molar-refractivity contribution in [2.45, 2.75) is 174 Å². The molecule has 4 nitrogen and oxygen atoms in total. The number of unbranched alkanes of at least 4 members (excludes halogenated alkanes) is 17. The summed E-state index contributed by atoms with van der Waals surface area (Å²) >= 11 is 0. The Morgan fingerprint density at radius 1 is 0.561 bits per heavy atom. The molecule has 0 aromatic rings. The lowest BCUT2D eigenvalue weighted by atomic mass is 10.1. The lowest BCUT2D eigenvalue weighted by Gasteiger charge is -2.19. The maximum atomic E-state index is 12.3. The molecule has 0 fully saturated rings. The van der Waals surface area contributed by atoms with E-state index in [1.807, 2.05) is 6.08 Å². The number of aliphatic hydroxyl groups excluding tert-OH is 2. The van der Waals surface area contributed by atoms with Gasteiger partial charge in [0.2, 0.25) is 5.91 Å². The van der Waals surface area contributed by atoms with Gasteiger partial charge >= 0.3 is 0 Å². The number of hydrogen-bond donors (Lipinski definition) is 3. The van der Waals surface area contributed by atoms with Crippen LogP contribution in [0.3, 0.4) is 0 Å². The van der Waals surface area contributed by atoms with Crippen LogP contribution in [0.25, 0.3) is 0 Å². The van der Waals surface area contributed by atoms with Crippen molar-refractivity contribution in [2.75, 3.05) is 6.61 Å². The van der Waals surface area contributed by atoms with Crippen LogP contribution in [0.2, 0.25) is 0 Å². The molecular formula is C37H67NO3. The van der Waals surface area contributed by atoms with E-state index in [1.165, 1.54) is 89.9 Å². The van der Waals surface area contributed by atoms with E-state index in [4.69, 9.17) is 0 Å². The van der Waals surface area contributed by atoms with E-state index >= 15 is 0 Å². The first-order valence-corrected chi connectivity index (χ1v) is 17.4. The van der Waals surface area contributed by atoms with Crippen molar-refractivity contribution in [3.05, 3.63) is 48.6 Å². The maximum Gasteiger partial charge on any atom is 0.220 e. The van der Waals surface area contributed by atoms with Crippen molar-refractivity contribution in [2.24, 2.45) is 0 Å². The summed E-state index contributed by atoms with van der Waals surface area (Å²) in [6.07, 6.45) is 43.3. The van der Waals surface area contributed by atoms with Gasteiger partial charge in [0, 0.05) is 6.42 Å². The summed E-state index contributed by atoms with van der Waals surface area (Å²) in [7, 11) is 0. The van der Waals surface area contributed by atoms with Gasteiger partial charge in [-0.05, 0) is 70.6 Å². The standard InChI is InChI=1S/C37H67NO3/c1-3-5-7-9-11-13-15-17-19-21-23-25-27-29-31-33-37(41)38-35(34-39)36(40)32-30-28-26-24-22-20-18-16-14-12-10-8-6-4-2/h14,16-17,19,22,24,30,32,35-36,39-40H,3-13,15,18,20-21,23,25-29,31,33-34H2,1-2H3,(H,38,41)/b16-14+,19-17-,24-22+,32-30+. The molecule has 0 heterocycles. The minimum absolute atomic E-state index is 0.0907. The zero-order chi connectivity index (χ0) is 30.1. The Morgan fingerprint density at radius 2 is 0.951 bits per heavy atom. The van der Waals surface area contributed by atoms with Gasteiger partial charge in [-0.2, -0.15) is 0 Å². The maximum absolute atomic E-state index is 12.3. The van der Waals surface area contributed by atoms with E-state index in [2.05, 4.69) is 55.6 Å². The third-order valence-electron chi connectivity index (χ3n) is 7.51. The molecule has 1 amide bonds. The number of allylic oxidation sites excluding steroid dienone is 7. The van der Waals surface area contributed by atoms with Gasteiger partial charge in [0.05, 0.1) is 18.8 Å². The normalized spacial score (nSPS) is 13.8. The van der Waals surface area contributed by atoms with Gasteiger partial charge in [-0.3, -0.25) is 4.79 Å². The zero-order valence-corrected chi connectivity index (χ0v) is 27.0. The fourth-order valence-electron chi connectivity index (χ4n) is 4.79. The second-order valence-corrected chi connectivity index (χ2v) is 11.6. The monoisotopic (exact) mass is 574 g/mol. The van der Waals surface area contributed by atoms with E-state index in [0.29, 0.717) is 6.42 Å². The quantitative estimate of drug-likeness (QED) is 0.0591. The van der Waals surface area contributed by atoms with E-state index < -0.39 is 12.1 Å². The number of carbonyl (C=O) groups is 1. The highest BCUT2D eigenvalue weighted by atomic mass is 16.3. The van der Waals surface area contributed by atoms with Crippen molar-refractivity contribution in [1.82, 2.24) is 5.32 Å². The van der Waals surface area contributed by atoms with Crippen molar-refractivity contribution < 1.29 is 15.0 Å². The van der Waals surface area contributed by atoms with Gasteiger partial charge in [0.25, 0.3) is 0 Å². The van der Waals surface area contributed by atoms with Crippen LogP contribution in [0.1, 0.15) is 162 Å². The molecule has 41 heavy (non-hydrogen) atoms. The summed E-state index contributed by atoms with van der Waals surface area (Å²) < 4.78 is 0.